The number of aliphatic hydroxyl groups is 1. The Balaban J connectivity index is 1.91. The highest BCUT2D eigenvalue weighted by Crippen LogP contribution is 2.22. The molecule has 1 atom stereocenters. The van der Waals surface area contributed by atoms with Crippen LogP contribution >= 0.6 is 15.9 Å². The fourth-order valence-corrected chi connectivity index (χ4v) is 2.35. The fourth-order valence-electron chi connectivity index (χ4n) is 1.91. The van der Waals surface area contributed by atoms with E-state index in [0.29, 0.717) is 18.8 Å². The molecule has 1 unspecified atom stereocenters. The second-order valence-electron chi connectivity index (χ2n) is 4.92. The Kier molecular flexibility index (Phi) is 4.45. The number of benzene rings is 1. The van der Waals surface area contributed by atoms with Crippen molar-refractivity contribution in [1.29, 1.82) is 0 Å². The zero-order valence-electron chi connectivity index (χ0n) is 11.1. The van der Waals surface area contributed by atoms with E-state index in [1.165, 1.54) is 5.56 Å². The predicted octanol–water partition coefficient (Wildman–Crippen LogP) is 3.35. The number of halogens is 1. The molecule has 1 heterocycles. The SMILES string of the molecule is Cc1ccc(C(C)(O)CNCc2cccc(Br)c2)o1. The summed E-state index contributed by atoms with van der Waals surface area (Å²) in [6, 6.07) is 11.8. The van der Waals surface area contributed by atoms with Crippen LogP contribution in [0.1, 0.15) is 24.0 Å². The third kappa shape index (κ3) is 3.93. The lowest BCUT2D eigenvalue weighted by molar-refractivity contribution is 0.0333. The number of nitrogens with one attached hydrogen (secondary N) is 1. The van der Waals surface area contributed by atoms with Crippen LogP contribution < -0.4 is 5.32 Å². The van der Waals surface area contributed by atoms with E-state index in [1.807, 2.05) is 37.3 Å². The molecule has 4 heteroatoms. The molecule has 3 nitrogen and oxygen atoms in total. The fraction of sp³-hybridized carbons (Fsp3) is 0.333. The summed E-state index contributed by atoms with van der Waals surface area (Å²) >= 11 is 3.44. The molecular formula is C15H18BrNO2. The maximum atomic E-state index is 10.4. The molecular weight excluding hydrogens is 306 g/mol. The van der Waals surface area contributed by atoms with Crippen molar-refractivity contribution in [2.45, 2.75) is 26.0 Å². The Morgan fingerprint density at radius 1 is 1.32 bits per heavy atom. The first-order valence-electron chi connectivity index (χ1n) is 6.22. The van der Waals surface area contributed by atoms with Gasteiger partial charge in [-0.3, -0.25) is 0 Å². The van der Waals surface area contributed by atoms with E-state index >= 15 is 0 Å². The van der Waals surface area contributed by atoms with Crippen LogP contribution in [0.2, 0.25) is 0 Å². The summed E-state index contributed by atoms with van der Waals surface area (Å²) in [4.78, 5) is 0. The van der Waals surface area contributed by atoms with Crippen molar-refractivity contribution in [2.75, 3.05) is 6.54 Å². The van der Waals surface area contributed by atoms with E-state index in [0.717, 1.165) is 10.2 Å². The maximum Gasteiger partial charge on any atom is 0.136 e. The smallest absolute Gasteiger partial charge is 0.136 e. The van der Waals surface area contributed by atoms with Gasteiger partial charge in [0.1, 0.15) is 17.1 Å². The normalized spacial score (nSPS) is 14.3. The van der Waals surface area contributed by atoms with Crippen molar-refractivity contribution < 1.29 is 9.52 Å². The van der Waals surface area contributed by atoms with Gasteiger partial charge in [0.15, 0.2) is 0 Å². The van der Waals surface area contributed by atoms with Gasteiger partial charge in [-0.2, -0.15) is 0 Å². The molecule has 0 saturated heterocycles. The van der Waals surface area contributed by atoms with Crippen molar-refractivity contribution in [3.8, 4) is 0 Å². The monoisotopic (exact) mass is 323 g/mol. The lowest BCUT2D eigenvalue weighted by Gasteiger charge is -2.21. The van der Waals surface area contributed by atoms with E-state index in [9.17, 15) is 5.11 Å². The van der Waals surface area contributed by atoms with Gasteiger partial charge < -0.3 is 14.8 Å². The standard InChI is InChI=1S/C15H18BrNO2/c1-11-6-7-14(19-11)15(2,18)10-17-9-12-4-3-5-13(16)8-12/h3-8,17-18H,9-10H2,1-2H3. The Hall–Kier alpha value is -1.10. The van der Waals surface area contributed by atoms with Crippen molar-refractivity contribution in [3.63, 3.8) is 0 Å². The van der Waals surface area contributed by atoms with Gasteiger partial charge in [-0.25, -0.2) is 0 Å². The van der Waals surface area contributed by atoms with Crippen molar-refractivity contribution in [3.05, 3.63) is 58.0 Å². The number of hydrogen-bond donors (Lipinski definition) is 2. The van der Waals surface area contributed by atoms with Crippen molar-refractivity contribution in [1.82, 2.24) is 5.32 Å². The average Bonchev–Trinajstić information content (AvgIpc) is 2.76. The summed E-state index contributed by atoms with van der Waals surface area (Å²) in [5.41, 5.74) is 0.168. The second-order valence-corrected chi connectivity index (χ2v) is 5.83. The second kappa shape index (κ2) is 5.90. The molecule has 0 bridgehead atoms. The third-order valence-corrected chi connectivity index (χ3v) is 3.45. The van der Waals surface area contributed by atoms with E-state index in [-0.39, 0.29) is 0 Å². The largest absolute Gasteiger partial charge is 0.463 e. The molecule has 0 aliphatic heterocycles. The zero-order chi connectivity index (χ0) is 13.9. The minimum absolute atomic E-state index is 0.437. The molecule has 1 aromatic heterocycles. The molecule has 0 aliphatic carbocycles. The topological polar surface area (TPSA) is 45.4 Å². The quantitative estimate of drug-likeness (QED) is 0.887. The highest BCUT2D eigenvalue weighted by Gasteiger charge is 2.26. The highest BCUT2D eigenvalue weighted by molar-refractivity contribution is 9.10. The Morgan fingerprint density at radius 2 is 2.11 bits per heavy atom. The minimum Gasteiger partial charge on any atom is -0.463 e. The van der Waals surface area contributed by atoms with Crippen LogP contribution in [0, 0.1) is 6.92 Å². The van der Waals surface area contributed by atoms with E-state index in [2.05, 4.69) is 27.3 Å². The number of rotatable bonds is 5. The zero-order valence-corrected chi connectivity index (χ0v) is 12.7. The van der Waals surface area contributed by atoms with Gasteiger partial charge in [-0.1, -0.05) is 28.1 Å². The summed E-state index contributed by atoms with van der Waals surface area (Å²) in [6.07, 6.45) is 0. The summed E-state index contributed by atoms with van der Waals surface area (Å²) < 4.78 is 6.53. The van der Waals surface area contributed by atoms with Crippen LogP contribution in [0.5, 0.6) is 0 Å². The molecule has 2 N–H and O–H groups in total. The summed E-state index contributed by atoms with van der Waals surface area (Å²) in [6.45, 7) is 4.76. The van der Waals surface area contributed by atoms with Crippen LogP contribution in [-0.2, 0) is 12.1 Å². The molecule has 1 aromatic carbocycles. The van der Waals surface area contributed by atoms with Crippen LogP contribution in [0.15, 0.2) is 45.3 Å². The van der Waals surface area contributed by atoms with Gasteiger partial charge in [0.2, 0.25) is 0 Å². The van der Waals surface area contributed by atoms with Gasteiger partial charge in [-0.15, -0.1) is 0 Å². The Labute approximate surface area is 121 Å². The van der Waals surface area contributed by atoms with Gasteiger partial charge >= 0.3 is 0 Å². The lowest BCUT2D eigenvalue weighted by atomic mass is 10.0. The number of hydrogen-bond acceptors (Lipinski definition) is 3. The number of furan rings is 1. The van der Waals surface area contributed by atoms with Gasteiger partial charge in [0.05, 0.1) is 0 Å². The maximum absolute atomic E-state index is 10.4. The Morgan fingerprint density at radius 3 is 2.74 bits per heavy atom. The van der Waals surface area contributed by atoms with E-state index in [1.54, 1.807) is 6.92 Å². The Bertz CT molecular complexity index is 549. The first kappa shape index (κ1) is 14.3. The molecule has 19 heavy (non-hydrogen) atoms. The molecule has 0 fully saturated rings. The molecule has 0 saturated carbocycles. The first-order valence-corrected chi connectivity index (χ1v) is 7.01. The third-order valence-electron chi connectivity index (χ3n) is 2.96. The van der Waals surface area contributed by atoms with Gasteiger partial charge in [-0.05, 0) is 43.7 Å². The van der Waals surface area contributed by atoms with E-state index in [4.69, 9.17) is 4.42 Å². The predicted molar refractivity (Wildman–Crippen MR) is 78.9 cm³/mol. The van der Waals surface area contributed by atoms with Crippen LogP contribution in [0.25, 0.3) is 0 Å². The molecule has 0 aliphatic rings. The molecule has 0 amide bonds. The van der Waals surface area contributed by atoms with Crippen molar-refractivity contribution in [2.24, 2.45) is 0 Å². The molecule has 102 valence electrons. The molecule has 0 radical (unpaired) electrons. The van der Waals surface area contributed by atoms with Gasteiger partial charge in [0, 0.05) is 17.6 Å². The first-order chi connectivity index (χ1) is 8.97. The minimum atomic E-state index is -1.000. The molecule has 2 rings (SSSR count). The highest BCUT2D eigenvalue weighted by atomic mass is 79.9. The summed E-state index contributed by atoms with van der Waals surface area (Å²) in [5.74, 6) is 1.40. The summed E-state index contributed by atoms with van der Waals surface area (Å²) in [5, 5.41) is 13.6. The average molecular weight is 324 g/mol. The van der Waals surface area contributed by atoms with Crippen LogP contribution in [0.4, 0.5) is 0 Å². The molecule has 0 spiro atoms. The number of aryl methyl sites for hydroxylation is 1. The van der Waals surface area contributed by atoms with E-state index < -0.39 is 5.60 Å². The van der Waals surface area contributed by atoms with Gasteiger partial charge in [0.25, 0.3) is 0 Å². The summed E-state index contributed by atoms with van der Waals surface area (Å²) in [7, 11) is 0. The van der Waals surface area contributed by atoms with Crippen molar-refractivity contribution >= 4 is 15.9 Å². The van der Waals surface area contributed by atoms with Crippen LogP contribution in [0.3, 0.4) is 0 Å². The lowest BCUT2D eigenvalue weighted by Crippen LogP contribution is -2.34. The van der Waals surface area contributed by atoms with Crippen LogP contribution in [-0.4, -0.2) is 11.7 Å². The molecule has 2 aromatic rings.